The number of hydrogen-bond acceptors (Lipinski definition) is 2. The summed E-state index contributed by atoms with van der Waals surface area (Å²) < 4.78 is 0. The molecule has 0 atom stereocenters. The van der Waals surface area contributed by atoms with Crippen molar-refractivity contribution in [2.75, 3.05) is 38.0 Å². The van der Waals surface area contributed by atoms with Gasteiger partial charge in [-0.25, -0.2) is 0 Å². The molecule has 1 aromatic rings. The molecule has 3 rings (SSSR count). The van der Waals surface area contributed by atoms with Gasteiger partial charge in [0.15, 0.2) is 11.7 Å². The summed E-state index contributed by atoms with van der Waals surface area (Å²) in [7, 11) is 0. The number of thiocarbonyl (C=S) groups is 1. The van der Waals surface area contributed by atoms with Gasteiger partial charge >= 0.3 is 0 Å². The topological polar surface area (TPSA) is 48.8 Å². The van der Waals surface area contributed by atoms with Gasteiger partial charge in [-0.15, -0.1) is 0 Å². The Labute approximate surface area is 153 Å². The smallest absolute Gasteiger partial charge is 0.275 e. The first-order valence-electron chi connectivity index (χ1n) is 8.47. The molecule has 2 aliphatic rings. The third kappa shape index (κ3) is 4.59. The molecule has 1 aliphatic heterocycles. The SMILES string of the molecule is Cc1c(Cl)cccc1NC(=S)N1CC[NH+](CC(=O)NC2CC2)CC1. The maximum Gasteiger partial charge on any atom is 0.275 e. The Hall–Kier alpha value is -1.37. The van der Waals surface area contributed by atoms with Crippen LogP contribution < -0.4 is 15.5 Å². The van der Waals surface area contributed by atoms with E-state index in [9.17, 15) is 4.79 Å². The van der Waals surface area contributed by atoms with E-state index in [-0.39, 0.29) is 5.91 Å². The maximum absolute atomic E-state index is 11.9. The van der Waals surface area contributed by atoms with Crippen LogP contribution in [0.4, 0.5) is 5.69 Å². The van der Waals surface area contributed by atoms with E-state index in [1.54, 1.807) is 0 Å². The van der Waals surface area contributed by atoms with E-state index in [0.717, 1.165) is 60.4 Å². The second-order valence-corrected chi connectivity index (χ2v) is 7.39. The molecule has 7 heteroatoms. The summed E-state index contributed by atoms with van der Waals surface area (Å²) in [5.74, 6) is 0.177. The highest BCUT2D eigenvalue weighted by Crippen LogP contribution is 2.23. The number of nitrogens with one attached hydrogen (secondary N) is 3. The number of carbonyl (C=O) groups is 1. The highest BCUT2D eigenvalue weighted by Gasteiger charge is 2.27. The van der Waals surface area contributed by atoms with Gasteiger partial charge in [-0.1, -0.05) is 17.7 Å². The Morgan fingerprint density at radius 3 is 2.75 bits per heavy atom. The van der Waals surface area contributed by atoms with Crippen molar-refractivity contribution < 1.29 is 9.69 Å². The molecular formula is C17H24ClN4OS+. The monoisotopic (exact) mass is 367 g/mol. The number of hydrogen-bond donors (Lipinski definition) is 3. The van der Waals surface area contributed by atoms with Gasteiger partial charge < -0.3 is 20.4 Å². The number of benzene rings is 1. The van der Waals surface area contributed by atoms with E-state index >= 15 is 0 Å². The molecule has 5 nitrogen and oxygen atoms in total. The van der Waals surface area contributed by atoms with Crippen LogP contribution in [-0.2, 0) is 4.79 Å². The molecule has 3 N–H and O–H groups in total. The summed E-state index contributed by atoms with van der Waals surface area (Å²) in [4.78, 5) is 15.4. The lowest BCUT2D eigenvalue weighted by Gasteiger charge is -2.33. The first kappa shape index (κ1) is 17.5. The number of rotatable bonds is 4. The molecule has 1 heterocycles. The molecule has 1 saturated heterocycles. The average molecular weight is 368 g/mol. The summed E-state index contributed by atoms with van der Waals surface area (Å²) >= 11 is 11.7. The fourth-order valence-electron chi connectivity index (χ4n) is 2.87. The van der Waals surface area contributed by atoms with Gasteiger partial charge in [0.05, 0.1) is 26.2 Å². The van der Waals surface area contributed by atoms with Crippen molar-refractivity contribution in [3.8, 4) is 0 Å². The highest BCUT2D eigenvalue weighted by atomic mass is 35.5. The first-order chi connectivity index (χ1) is 11.5. The lowest BCUT2D eigenvalue weighted by atomic mass is 10.2. The van der Waals surface area contributed by atoms with Gasteiger partial charge in [0.1, 0.15) is 0 Å². The number of amides is 1. The molecule has 24 heavy (non-hydrogen) atoms. The lowest BCUT2D eigenvalue weighted by Crippen LogP contribution is -3.15. The third-order valence-electron chi connectivity index (χ3n) is 4.62. The van der Waals surface area contributed by atoms with Crippen LogP contribution in [0.15, 0.2) is 18.2 Å². The molecule has 2 fully saturated rings. The van der Waals surface area contributed by atoms with Crippen LogP contribution in [0.3, 0.4) is 0 Å². The normalized spacial score (nSPS) is 18.3. The summed E-state index contributed by atoms with van der Waals surface area (Å²) in [6.45, 7) is 6.11. The predicted molar refractivity (Wildman–Crippen MR) is 101 cm³/mol. The van der Waals surface area contributed by atoms with E-state index in [2.05, 4.69) is 15.5 Å². The third-order valence-corrected chi connectivity index (χ3v) is 5.39. The second kappa shape index (κ2) is 7.68. The van der Waals surface area contributed by atoms with Gasteiger partial charge in [-0.05, 0) is 49.7 Å². The van der Waals surface area contributed by atoms with E-state index in [1.165, 1.54) is 4.90 Å². The Morgan fingerprint density at radius 1 is 1.38 bits per heavy atom. The molecule has 1 aromatic carbocycles. The highest BCUT2D eigenvalue weighted by molar-refractivity contribution is 7.80. The summed E-state index contributed by atoms with van der Waals surface area (Å²) in [6, 6.07) is 6.22. The maximum atomic E-state index is 11.9. The molecule has 1 amide bonds. The zero-order valence-corrected chi connectivity index (χ0v) is 15.5. The molecule has 0 aromatic heterocycles. The fraction of sp³-hybridized carbons (Fsp3) is 0.529. The summed E-state index contributed by atoms with van der Waals surface area (Å²) in [5.41, 5.74) is 1.95. The minimum atomic E-state index is 0.177. The Bertz CT molecular complexity index is 627. The number of carbonyl (C=O) groups excluding carboxylic acids is 1. The fourth-order valence-corrected chi connectivity index (χ4v) is 3.34. The van der Waals surface area contributed by atoms with Crippen LogP contribution in [0.1, 0.15) is 18.4 Å². The zero-order valence-electron chi connectivity index (χ0n) is 13.9. The van der Waals surface area contributed by atoms with Gasteiger partial charge in [-0.2, -0.15) is 0 Å². The quantitative estimate of drug-likeness (QED) is 0.690. The van der Waals surface area contributed by atoms with Crippen LogP contribution >= 0.6 is 23.8 Å². The number of quaternary nitrogens is 1. The minimum absolute atomic E-state index is 0.177. The number of piperazine rings is 1. The van der Waals surface area contributed by atoms with Crippen molar-refractivity contribution in [3.63, 3.8) is 0 Å². The number of anilines is 1. The van der Waals surface area contributed by atoms with Gasteiger partial charge in [0.25, 0.3) is 5.91 Å². The van der Waals surface area contributed by atoms with Gasteiger partial charge in [-0.3, -0.25) is 4.79 Å². The van der Waals surface area contributed by atoms with Crippen LogP contribution in [-0.4, -0.2) is 54.7 Å². The standard InChI is InChI=1S/C17H23ClN4OS/c1-12-14(18)3-2-4-15(12)20-17(24)22-9-7-21(8-10-22)11-16(23)19-13-5-6-13/h2-4,13H,5-11H2,1H3,(H,19,23)(H,20,24)/p+1. The number of nitrogens with zero attached hydrogens (tertiary/aromatic N) is 1. The molecule has 1 saturated carbocycles. The van der Waals surface area contributed by atoms with Gasteiger partial charge in [0.2, 0.25) is 0 Å². The minimum Gasteiger partial charge on any atom is -0.348 e. The molecule has 0 bridgehead atoms. The number of halogens is 1. The van der Waals surface area contributed by atoms with Crippen LogP contribution in [0.5, 0.6) is 0 Å². The Balaban J connectivity index is 1.46. The van der Waals surface area contributed by atoms with Crippen LogP contribution in [0.2, 0.25) is 5.02 Å². The van der Waals surface area contributed by atoms with E-state index < -0.39 is 0 Å². The van der Waals surface area contributed by atoms with Gasteiger partial charge in [0, 0.05) is 16.8 Å². The molecule has 0 unspecified atom stereocenters. The summed E-state index contributed by atoms with van der Waals surface area (Å²) in [6.07, 6.45) is 2.27. The lowest BCUT2D eigenvalue weighted by molar-refractivity contribution is -0.895. The van der Waals surface area contributed by atoms with Crippen molar-refractivity contribution in [1.82, 2.24) is 10.2 Å². The molecule has 1 aliphatic carbocycles. The van der Waals surface area contributed by atoms with Crippen molar-refractivity contribution in [3.05, 3.63) is 28.8 Å². The van der Waals surface area contributed by atoms with E-state index in [1.807, 2.05) is 25.1 Å². The molecule has 0 spiro atoms. The molecular weight excluding hydrogens is 344 g/mol. The van der Waals surface area contributed by atoms with Crippen molar-refractivity contribution in [1.29, 1.82) is 0 Å². The first-order valence-corrected chi connectivity index (χ1v) is 9.25. The van der Waals surface area contributed by atoms with Crippen LogP contribution in [0, 0.1) is 6.92 Å². The van der Waals surface area contributed by atoms with Crippen LogP contribution in [0.25, 0.3) is 0 Å². The zero-order chi connectivity index (χ0) is 17.1. The molecule has 0 radical (unpaired) electrons. The summed E-state index contributed by atoms with van der Waals surface area (Å²) in [5, 5.41) is 7.81. The van der Waals surface area contributed by atoms with Crippen molar-refractivity contribution >= 4 is 40.5 Å². The van der Waals surface area contributed by atoms with Crippen molar-refractivity contribution in [2.45, 2.75) is 25.8 Å². The Morgan fingerprint density at radius 2 is 2.08 bits per heavy atom. The van der Waals surface area contributed by atoms with E-state index in [0.29, 0.717) is 12.6 Å². The predicted octanol–water partition coefficient (Wildman–Crippen LogP) is 0.824. The second-order valence-electron chi connectivity index (χ2n) is 6.60. The largest absolute Gasteiger partial charge is 0.348 e. The Kier molecular flexibility index (Phi) is 5.58. The van der Waals surface area contributed by atoms with Crippen molar-refractivity contribution in [2.24, 2.45) is 0 Å². The average Bonchev–Trinajstić information content (AvgIpc) is 3.36. The van der Waals surface area contributed by atoms with E-state index in [4.69, 9.17) is 23.8 Å². The molecule has 130 valence electrons.